The molecule has 3 rings (SSSR count). The van der Waals surface area contributed by atoms with Gasteiger partial charge in [-0.2, -0.15) is 10.4 Å². The van der Waals surface area contributed by atoms with Gasteiger partial charge < -0.3 is 9.40 Å². The van der Waals surface area contributed by atoms with E-state index >= 15 is 0 Å². The number of nitrogens with one attached hydrogen (secondary N) is 2. The lowest BCUT2D eigenvalue weighted by Gasteiger charge is -2.05. The Balaban J connectivity index is 1.82. The molecule has 7 heteroatoms. The lowest BCUT2D eigenvalue weighted by Crippen LogP contribution is -1.95. The van der Waals surface area contributed by atoms with Crippen molar-refractivity contribution < 1.29 is 4.42 Å². The summed E-state index contributed by atoms with van der Waals surface area (Å²) in [5.41, 5.74) is 4.98. The van der Waals surface area contributed by atoms with E-state index in [1.165, 1.54) is 0 Å². The summed E-state index contributed by atoms with van der Waals surface area (Å²) in [4.78, 5) is 7.46. The topological polar surface area (TPSA) is 90.0 Å². The minimum absolute atomic E-state index is 0.206. The Labute approximate surface area is 154 Å². The molecule has 3 aromatic rings. The second kappa shape index (κ2) is 7.53. The molecule has 0 saturated heterocycles. The highest BCUT2D eigenvalue weighted by atomic mass is 79.9. The largest absolute Gasteiger partial charge is 0.422 e. The monoisotopic (exact) mass is 399 g/mol. The number of halogens is 1. The molecule has 2 N–H and O–H groups in total. The lowest BCUT2D eigenvalue weighted by atomic mass is 10.0. The van der Waals surface area contributed by atoms with Crippen molar-refractivity contribution in [1.82, 2.24) is 9.97 Å². The molecule has 0 saturated carbocycles. The van der Waals surface area contributed by atoms with E-state index in [0.717, 1.165) is 33.8 Å². The smallest absolute Gasteiger partial charge is 0.252 e. The van der Waals surface area contributed by atoms with Crippen molar-refractivity contribution in [3.05, 3.63) is 46.0 Å². The summed E-state index contributed by atoms with van der Waals surface area (Å²) < 4.78 is 6.70. The molecular formula is C18H18BrN5O. The molecule has 0 bridgehead atoms. The summed E-state index contributed by atoms with van der Waals surface area (Å²) in [6.07, 6.45) is 5.39. The zero-order valence-electron chi connectivity index (χ0n) is 14.0. The first kappa shape index (κ1) is 17.2. The number of hydrazone groups is 1. The maximum Gasteiger partial charge on any atom is 0.252 e. The Bertz CT molecular complexity index is 946. The standard InChI is InChI=1S/C18H18BrN5O/c1-3-11(4-2)17-23-16(8-20)18(25-17)24-22-10-12-9-21-15-6-5-13(19)7-14(12)15/h5-7,9-11,21,24H,3-4H2,1-2H3. The van der Waals surface area contributed by atoms with Crippen molar-refractivity contribution in [2.45, 2.75) is 32.6 Å². The number of benzene rings is 1. The Morgan fingerprint density at radius 1 is 1.44 bits per heavy atom. The van der Waals surface area contributed by atoms with Gasteiger partial charge in [-0.15, -0.1) is 0 Å². The number of anilines is 1. The molecule has 0 spiro atoms. The number of nitriles is 1. The van der Waals surface area contributed by atoms with E-state index in [0.29, 0.717) is 5.89 Å². The minimum Gasteiger partial charge on any atom is -0.422 e. The van der Waals surface area contributed by atoms with Crippen molar-refractivity contribution >= 4 is 38.9 Å². The van der Waals surface area contributed by atoms with Crippen LogP contribution in [-0.4, -0.2) is 16.2 Å². The molecule has 0 atom stereocenters. The molecule has 0 amide bonds. The Hall–Kier alpha value is -2.59. The molecule has 0 radical (unpaired) electrons. The SMILES string of the molecule is CCC(CC)c1nc(C#N)c(NN=Cc2c[nH]c3ccc(Br)cc23)o1. The third kappa shape index (κ3) is 3.59. The summed E-state index contributed by atoms with van der Waals surface area (Å²) in [6, 6.07) is 8.04. The van der Waals surface area contributed by atoms with Gasteiger partial charge in [-0.05, 0) is 31.0 Å². The van der Waals surface area contributed by atoms with E-state index < -0.39 is 0 Å². The second-order valence-electron chi connectivity index (χ2n) is 5.66. The number of nitrogens with zero attached hydrogens (tertiary/aromatic N) is 3. The molecule has 0 unspecified atom stereocenters. The van der Waals surface area contributed by atoms with Crippen molar-refractivity contribution in [3.8, 4) is 6.07 Å². The van der Waals surface area contributed by atoms with Gasteiger partial charge in [-0.3, -0.25) is 0 Å². The highest BCUT2D eigenvalue weighted by Gasteiger charge is 2.18. The molecule has 0 fully saturated rings. The lowest BCUT2D eigenvalue weighted by molar-refractivity contribution is 0.439. The number of H-pyrrole nitrogens is 1. The molecule has 6 nitrogen and oxygen atoms in total. The van der Waals surface area contributed by atoms with Crippen LogP contribution in [0.25, 0.3) is 10.9 Å². The average molecular weight is 400 g/mol. The van der Waals surface area contributed by atoms with Crippen molar-refractivity contribution in [2.75, 3.05) is 5.43 Å². The van der Waals surface area contributed by atoms with Gasteiger partial charge in [-0.25, -0.2) is 10.4 Å². The highest BCUT2D eigenvalue weighted by molar-refractivity contribution is 9.10. The molecule has 0 aliphatic heterocycles. The van der Waals surface area contributed by atoms with Gasteiger partial charge in [-0.1, -0.05) is 29.8 Å². The van der Waals surface area contributed by atoms with Crippen LogP contribution in [0.4, 0.5) is 5.88 Å². The quantitative estimate of drug-likeness (QED) is 0.443. The van der Waals surface area contributed by atoms with Gasteiger partial charge in [0.1, 0.15) is 6.07 Å². The Morgan fingerprint density at radius 2 is 2.24 bits per heavy atom. The van der Waals surface area contributed by atoms with Gasteiger partial charge in [0.2, 0.25) is 11.6 Å². The first-order chi connectivity index (χ1) is 12.2. The number of hydrogen-bond acceptors (Lipinski definition) is 5. The van der Waals surface area contributed by atoms with E-state index in [-0.39, 0.29) is 17.5 Å². The van der Waals surface area contributed by atoms with Crippen LogP contribution in [0.5, 0.6) is 0 Å². The number of hydrogen-bond donors (Lipinski definition) is 2. The van der Waals surface area contributed by atoms with Crippen LogP contribution in [-0.2, 0) is 0 Å². The zero-order valence-corrected chi connectivity index (χ0v) is 15.6. The van der Waals surface area contributed by atoms with Crippen LogP contribution in [0.3, 0.4) is 0 Å². The van der Waals surface area contributed by atoms with E-state index in [1.807, 2.05) is 30.5 Å². The average Bonchev–Trinajstić information content (AvgIpc) is 3.20. The molecule has 25 heavy (non-hydrogen) atoms. The maximum absolute atomic E-state index is 9.24. The van der Waals surface area contributed by atoms with Crippen LogP contribution in [0, 0.1) is 11.3 Å². The van der Waals surface area contributed by atoms with Gasteiger partial charge in [0.15, 0.2) is 0 Å². The fraction of sp³-hybridized carbons (Fsp3) is 0.278. The Kier molecular flexibility index (Phi) is 5.19. The number of fused-ring (bicyclic) bond motifs is 1. The zero-order chi connectivity index (χ0) is 17.8. The van der Waals surface area contributed by atoms with E-state index in [4.69, 9.17) is 4.42 Å². The summed E-state index contributed by atoms with van der Waals surface area (Å²) in [6.45, 7) is 4.15. The Morgan fingerprint density at radius 3 is 2.96 bits per heavy atom. The normalized spacial score (nSPS) is 11.5. The van der Waals surface area contributed by atoms with Gasteiger partial charge in [0.05, 0.1) is 6.21 Å². The van der Waals surface area contributed by atoms with Gasteiger partial charge in [0.25, 0.3) is 5.88 Å². The first-order valence-electron chi connectivity index (χ1n) is 8.12. The van der Waals surface area contributed by atoms with E-state index in [2.05, 4.69) is 50.3 Å². The summed E-state index contributed by atoms with van der Waals surface area (Å²) in [5.74, 6) is 1.06. The van der Waals surface area contributed by atoms with Gasteiger partial charge in [0, 0.05) is 33.1 Å². The number of oxazole rings is 1. The second-order valence-corrected chi connectivity index (χ2v) is 6.57. The van der Waals surface area contributed by atoms with Crippen LogP contribution < -0.4 is 5.43 Å². The van der Waals surface area contributed by atoms with Crippen LogP contribution in [0.15, 0.2) is 38.4 Å². The number of aromatic amines is 1. The predicted molar refractivity (Wildman–Crippen MR) is 102 cm³/mol. The molecule has 2 heterocycles. The fourth-order valence-electron chi connectivity index (χ4n) is 2.68. The first-order valence-corrected chi connectivity index (χ1v) is 8.92. The molecule has 2 aromatic heterocycles. The molecule has 0 aliphatic carbocycles. The minimum atomic E-state index is 0.206. The van der Waals surface area contributed by atoms with Crippen LogP contribution in [0.2, 0.25) is 0 Å². The van der Waals surface area contributed by atoms with E-state index in [1.54, 1.807) is 6.21 Å². The maximum atomic E-state index is 9.24. The molecule has 128 valence electrons. The van der Waals surface area contributed by atoms with Crippen LogP contribution >= 0.6 is 15.9 Å². The predicted octanol–water partition coefficient (Wildman–Crippen LogP) is 5.14. The molecule has 1 aromatic carbocycles. The summed E-state index contributed by atoms with van der Waals surface area (Å²) >= 11 is 3.47. The third-order valence-corrected chi connectivity index (χ3v) is 4.62. The molecular weight excluding hydrogens is 382 g/mol. The summed E-state index contributed by atoms with van der Waals surface area (Å²) in [5, 5.41) is 14.5. The summed E-state index contributed by atoms with van der Waals surface area (Å²) in [7, 11) is 0. The third-order valence-electron chi connectivity index (χ3n) is 4.13. The van der Waals surface area contributed by atoms with Crippen molar-refractivity contribution in [1.29, 1.82) is 5.26 Å². The fourth-order valence-corrected chi connectivity index (χ4v) is 3.04. The van der Waals surface area contributed by atoms with E-state index in [9.17, 15) is 5.26 Å². The van der Waals surface area contributed by atoms with Crippen molar-refractivity contribution in [2.24, 2.45) is 5.10 Å². The number of aromatic nitrogens is 2. The van der Waals surface area contributed by atoms with Gasteiger partial charge >= 0.3 is 0 Å². The number of rotatable bonds is 6. The van der Waals surface area contributed by atoms with Crippen LogP contribution in [0.1, 0.15) is 49.8 Å². The molecule has 0 aliphatic rings. The highest BCUT2D eigenvalue weighted by Crippen LogP contribution is 2.27. The van der Waals surface area contributed by atoms with Crippen molar-refractivity contribution in [3.63, 3.8) is 0 Å².